The smallest absolute Gasteiger partial charge is 0.257 e. The number of rotatable bonds is 1. The molecule has 0 saturated heterocycles. The van der Waals surface area contributed by atoms with Gasteiger partial charge in [-0.05, 0) is 6.07 Å². The van der Waals surface area contributed by atoms with E-state index in [9.17, 15) is 18.5 Å². The van der Waals surface area contributed by atoms with Gasteiger partial charge >= 0.3 is 0 Å². The third kappa shape index (κ3) is 1.00. The molecule has 1 aromatic carbocycles. The van der Waals surface area contributed by atoms with Crippen molar-refractivity contribution in [1.29, 1.82) is 0 Å². The Morgan fingerprint density at radius 1 is 1.36 bits per heavy atom. The maximum Gasteiger partial charge on any atom is 0.257 e. The molecule has 1 heterocycles. The van der Waals surface area contributed by atoms with Crippen molar-refractivity contribution in [2.24, 2.45) is 5.18 Å². The zero-order chi connectivity index (χ0) is 10.3. The van der Waals surface area contributed by atoms with Gasteiger partial charge in [-0.3, -0.25) is 4.79 Å². The van der Waals surface area contributed by atoms with Crippen molar-refractivity contribution in [2.75, 3.05) is 5.32 Å². The maximum atomic E-state index is 13.1. The van der Waals surface area contributed by atoms with Crippen molar-refractivity contribution in [3.05, 3.63) is 34.2 Å². The summed E-state index contributed by atoms with van der Waals surface area (Å²) in [6.45, 7) is 0. The largest absolute Gasteiger partial charge is 0.321 e. The lowest BCUT2D eigenvalue weighted by Crippen LogP contribution is -2.09. The average Bonchev–Trinajstić information content (AvgIpc) is 2.49. The lowest BCUT2D eigenvalue weighted by molar-refractivity contribution is -0.116. The summed E-state index contributed by atoms with van der Waals surface area (Å²) in [5.41, 5.74) is -0.219. The first-order valence-electron chi connectivity index (χ1n) is 3.76. The van der Waals surface area contributed by atoms with E-state index < -0.39 is 23.6 Å². The minimum absolute atomic E-state index is 0.0731. The summed E-state index contributed by atoms with van der Waals surface area (Å²) < 4.78 is 25.7. The number of halogens is 2. The normalized spacial score (nSPS) is 19.0. The summed E-state index contributed by atoms with van der Waals surface area (Å²) in [7, 11) is 0. The molecular weight excluding hydrogens is 194 g/mol. The highest BCUT2D eigenvalue weighted by atomic mass is 19.2. The maximum absolute atomic E-state index is 13.1. The second-order valence-electron chi connectivity index (χ2n) is 2.82. The Kier molecular flexibility index (Phi) is 1.77. The number of hydrogen-bond acceptors (Lipinski definition) is 3. The molecular formula is C8H4F2N2O2. The Labute approximate surface area is 76.9 Å². The van der Waals surface area contributed by atoms with Gasteiger partial charge in [0.25, 0.3) is 5.91 Å². The van der Waals surface area contributed by atoms with Crippen LogP contribution < -0.4 is 5.32 Å². The van der Waals surface area contributed by atoms with Crippen LogP contribution in [0.5, 0.6) is 0 Å². The number of nitrogens with zero attached hydrogens (tertiary/aromatic N) is 1. The van der Waals surface area contributed by atoms with Crippen LogP contribution in [0, 0.1) is 16.5 Å². The van der Waals surface area contributed by atoms with Gasteiger partial charge in [0.05, 0.1) is 5.69 Å². The van der Waals surface area contributed by atoms with Crippen molar-refractivity contribution in [3.8, 4) is 0 Å². The molecule has 0 saturated carbocycles. The van der Waals surface area contributed by atoms with E-state index in [1.807, 2.05) is 0 Å². The molecule has 0 bridgehead atoms. The molecule has 1 unspecified atom stereocenters. The zero-order valence-corrected chi connectivity index (χ0v) is 6.75. The molecule has 0 fully saturated rings. The van der Waals surface area contributed by atoms with Gasteiger partial charge in [-0.1, -0.05) is 11.2 Å². The van der Waals surface area contributed by atoms with Gasteiger partial charge in [-0.15, -0.1) is 4.91 Å². The molecule has 1 amide bonds. The van der Waals surface area contributed by atoms with Crippen molar-refractivity contribution in [2.45, 2.75) is 6.04 Å². The van der Waals surface area contributed by atoms with Crippen molar-refractivity contribution < 1.29 is 13.6 Å². The summed E-state index contributed by atoms with van der Waals surface area (Å²) in [4.78, 5) is 21.3. The standard InChI is InChI=1S/C8H4F2N2O2/c9-4-2-1-3-6(5(4)10)11-8(13)7(3)12-14/h1-2,7H,(H,11,13). The molecule has 0 spiro atoms. The van der Waals surface area contributed by atoms with E-state index in [2.05, 4.69) is 10.5 Å². The molecule has 0 radical (unpaired) electrons. The minimum atomic E-state index is -1.28. The molecule has 0 aliphatic carbocycles. The predicted molar refractivity (Wildman–Crippen MR) is 43.5 cm³/mol. The highest BCUT2D eigenvalue weighted by Crippen LogP contribution is 2.35. The topological polar surface area (TPSA) is 58.5 Å². The van der Waals surface area contributed by atoms with Gasteiger partial charge in [0.15, 0.2) is 17.7 Å². The predicted octanol–water partition coefficient (Wildman–Crippen LogP) is 1.72. The molecule has 1 aliphatic heterocycles. The van der Waals surface area contributed by atoms with E-state index in [0.29, 0.717) is 0 Å². The van der Waals surface area contributed by atoms with Crippen LogP contribution in [0.2, 0.25) is 0 Å². The fourth-order valence-electron chi connectivity index (χ4n) is 1.36. The number of benzene rings is 1. The van der Waals surface area contributed by atoms with E-state index >= 15 is 0 Å². The van der Waals surface area contributed by atoms with E-state index in [-0.39, 0.29) is 11.3 Å². The number of carbonyl (C=O) groups excluding carboxylic acids is 1. The molecule has 6 heteroatoms. The molecule has 14 heavy (non-hydrogen) atoms. The van der Waals surface area contributed by atoms with E-state index in [1.54, 1.807) is 0 Å². The zero-order valence-electron chi connectivity index (χ0n) is 6.75. The second-order valence-corrected chi connectivity index (χ2v) is 2.82. The van der Waals surface area contributed by atoms with Crippen molar-refractivity contribution in [3.63, 3.8) is 0 Å². The molecule has 1 aromatic rings. The van der Waals surface area contributed by atoms with Gasteiger partial charge in [-0.2, -0.15) is 0 Å². The van der Waals surface area contributed by atoms with Gasteiger partial charge < -0.3 is 5.32 Å². The Morgan fingerprint density at radius 3 is 2.71 bits per heavy atom. The van der Waals surface area contributed by atoms with Gasteiger partial charge in [0, 0.05) is 5.56 Å². The average molecular weight is 198 g/mol. The lowest BCUT2D eigenvalue weighted by Gasteiger charge is -2.00. The molecule has 2 rings (SSSR count). The fraction of sp³-hybridized carbons (Fsp3) is 0.125. The third-order valence-electron chi connectivity index (χ3n) is 2.02. The number of nitroso groups, excluding NO2 is 1. The first-order chi connectivity index (χ1) is 6.65. The van der Waals surface area contributed by atoms with Crippen LogP contribution in [-0.4, -0.2) is 5.91 Å². The number of fused-ring (bicyclic) bond motifs is 1. The quantitative estimate of drug-likeness (QED) is 0.698. The molecule has 1 aliphatic rings. The number of amides is 1. The summed E-state index contributed by atoms with van der Waals surface area (Å²) in [5, 5.41) is 4.59. The highest BCUT2D eigenvalue weighted by molar-refractivity contribution is 6.02. The monoisotopic (exact) mass is 198 g/mol. The molecule has 1 N–H and O–H groups in total. The van der Waals surface area contributed by atoms with Crippen LogP contribution in [0.1, 0.15) is 11.6 Å². The van der Waals surface area contributed by atoms with Gasteiger partial charge in [0.1, 0.15) is 0 Å². The van der Waals surface area contributed by atoms with Crippen LogP contribution >= 0.6 is 0 Å². The van der Waals surface area contributed by atoms with Crippen LogP contribution in [0.25, 0.3) is 0 Å². The Hall–Kier alpha value is -1.85. The van der Waals surface area contributed by atoms with E-state index in [1.165, 1.54) is 0 Å². The SMILES string of the molecule is O=NC1C(=O)Nc2c1ccc(F)c2F. The minimum Gasteiger partial charge on any atom is -0.321 e. The number of carbonyl (C=O) groups is 1. The molecule has 4 nitrogen and oxygen atoms in total. The Morgan fingerprint density at radius 2 is 2.07 bits per heavy atom. The summed E-state index contributed by atoms with van der Waals surface area (Å²) in [5.74, 6) is -2.97. The van der Waals surface area contributed by atoms with Crippen LogP contribution in [0.15, 0.2) is 17.3 Å². The number of anilines is 1. The fourth-order valence-corrected chi connectivity index (χ4v) is 1.36. The first kappa shape index (κ1) is 8.74. The van der Waals surface area contributed by atoms with Crippen LogP contribution in [0.3, 0.4) is 0 Å². The van der Waals surface area contributed by atoms with Crippen LogP contribution in [0.4, 0.5) is 14.5 Å². The lowest BCUT2D eigenvalue weighted by atomic mass is 10.1. The summed E-state index contributed by atoms with van der Waals surface area (Å²) >= 11 is 0. The number of nitrogens with one attached hydrogen (secondary N) is 1. The first-order valence-corrected chi connectivity index (χ1v) is 3.76. The van der Waals surface area contributed by atoms with E-state index in [0.717, 1.165) is 12.1 Å². The molecule has 72 valence electrons. The van der Waals surface area contributed by atoms with Gasteiger partial charge in [0.2, 0.25) is 0 Å². The van der Waals surface area contributed by atoms with E-state index in [4.69, 9.17) is 0 Å². The summed E-state index contributed by atoms with van der Waals surface area (Å²) in [6.07, 6.45) is 0. The number of hydrogen-bond donors (Lipinski definition) is 1. The highest BCUT2D eigenvalue weighted by Gasteiger charge is 2.34. The molecule has 1 atom stereocenters. The Balaban J connectivity index is 2.63. The van der Waals surface area contributed by atoms with Crippen molar-refractivity contribution in [1.82, 2.24) is 0 Å². The third-order valence-corrected chi connectivity index (χ3v) is 2.02. The van der Waals surface area contributed by atoms with Crippen LogP contribution in [-0.2, 0) is 4.79 Å². The summed E-state index contributed by atoms with van der Waals surface area (Å²) in [6, 6.07) is 0.741. The molecule has 0 aromatic heterocycles. The second kappa shape index (κ2) is 2.83. The van der Waals surface area contributed by atoms with Gasteiger partial charge in [-0.25, -0.2) is 8.78 Å². The Bertz CT molecular complexity index is 434. The van der Waals surface area contributed by atoms with Crippen molar-refractivity contribution >= 4 is 11.6 Å².